The van der Waals surface area contributed by atoms with Crippen LogP contribution < -0.4 is 18.9 Å². The lowest BCUT2D eigenvalue weighted by atomic mass is 10.2. The van der Waals surface area contributed by atoms with Crippen molar-refractivity contribution in [2.45, 2.75) is 81.4 Å². The third-order valence-electron chi connectivity index (χ3n) is 10.3. The topological polar surface area (TPSA) is 147 Å². The van der Waals surface area contributed by atoms with Gasteiger partial charge in [-0.2, -0.15) is 18.8 Å². The molecule has 17 heteroatoms. The predicted octanol–water partition coefficient (Wildman–Crippen LogP) is 9.11. The van der Waals surface area contributed by atoms with Crippen LogP contribution in [0.4, 0.5) is 0 Å². The Hall–Kier alpha value is -5.46. The molecule has 0 amide bonds. The zero-order valence-corrected chi connectivity index (χ0v) is 40.7. The number of rotatable bonds is 25. The first kappa shape index (κ1) is 50.5. The van der Waals surface area contributed by atoms with Crippen molar-refractivity contribution < 1.29 is 35.8 Å². The number of aryl methyl sites for hydroxylation is 2. The highest BCUT2D eigenvalue weighted by atomic mass is 79.9. The average Bonchev–Trinajstić information content (AvgIpc) is 4.03. The van der Waals surface area contributed by atoms with Crippen molar-refractivity contribution in [1.82, 2.24) is 28.2 Å². The molecule has 14 nitrogen and oxygen atoms in total. The van der Waals surface area contributed by atoms with Gasteiger partial charge in [0.2, 0.25) is 0 Å². The zero-order chi connectivity index (χ0) is 46.7. The molecule has 0 fully saturated rings. The number of hydrogen-bond donors (Lipinski definition) is 0. The van der Waals surface area contributed by atoms with Gasteiger partial charge in [-0.1, -0.05) is 77.0 Å². The summed E-state index contributed by atoms with van der Waals surface area (Å²) in [5, 5.41) is 9.77. The first-order valence-electron chi connectivity index (χ1n) is 21.2. The second-order valence-corrected chi connectivity index (χ2v) is 19.5. The number of methoxy groups -OCH3 is 4. The minimum atomic E-state index is -3.82. The maximum atomic E-state index is 13.6. The van der Waals surface area contributed by atoms with E-state index in [1.54, 1.807) is 62.3 Å². The van der Waals surface area contributed by atoms with Crippen molar-refractivity contribution in [3.8, 4) is 23.0 Å². The van der Waals surface area contributed by atoms with Gasteiger partial charge < -0.3 is 18.9 Å². The molecule has 0 atom stereocenters. The van der Waals surface area contributed by atoms with E-state index in [4.69, 9.17) is 18.9 Å². The summed E-state index contributed by atoms with van der Waals surface area (Å²) in [6.45, 7) is 5.90. The number of allylic oxidation sites excluding steroid dienone is 1. The summed E-state index contributed by atoms with van der Waals surface area (Å²) in [6, 6.07) is 32.7. The number of benzene rings is 4. The minimum absolute atomic E-state index is 0.0399. The van der Waals surface area contributed by atoms with Gasteiger partial charge in [-0.05, 0) is 109 Å². The van der Waals surface area contributed by atoms with E-state index in [2.05, 4.69) is 32.7 Å². The molecule has 2 aromatic heterocycles. The summed E-state index contributed by atoms with van der Waals surface area (Å²) in [5.74, 6) is 2.89. The zero-order valence-electron chi connectivity index (χ0n) is 37.5. The SMILES string of the molecule is C=CCCCn1ccc(S(=O)(=O)N(Cc2ccc(OC)cc2)Cc2ccc(OC)cc2)n1.COc1ccc(CN(Cc2ccc(OC)cc2)S(=O)(=O)c2ccn(CCCCCBr)n2)cc1. The third-order valence-corrected chi connectivity index (χ3v) is 14.3. The first-order valence-corrected chi connectivity index (χ1v) is 25.2. The summed E-state index contributed by atoms with van der Waals surface area (Å²) < 4.78 is 81.3. The van der Waals surface area contributed by atoms with E-state index in [1.165, 1.54) is 8.61 Å². The van der Waals surface area contributed by atoms with E-state index in [1.807, 2.05) is 103 Å². The molecule has 4 aromatic carbocycles. The minimum Gasteiger partial charge on any atom is -0.497 e. The van der Waals surface area contributed by atoms with Crippen LogP contribution in [-0.2, 0) is 59.3 Å². The van der Waals surface area contributed by atoms with Gasteiger partial charge in [0.1, 0.15) is 23.0 Å². The highest BCUT2D eigenvalue weighted by Crippen LogP contribution is 2.25. The molecule has 6 rings (SSSR count). The molecule has 0 radical (unpaired) electrons. The molecular weight excluding hydrogens is 933 g/mol. The van der Waals surface area contributed by atoms with Crippen LogP contribution in [0.1, 0.15) is 54.4 Å². The van der Waals surface area contributed by atoms with Crippen LogP contribution in [0.3, 0.4) is 0 Å². The molecule has 0 saturated carbocycles. The van der Waals surface area contributed by atoms with Crippen molar-refractivity contribution in [2.24, 2.45) is 0 Å². The fourth-order valence-electron chi connectivity index (χ4n) is 6.61. The Bertz CT molecular complexity index is 2470. The molecule has 0 aliphatic heterocycles. The normalized spacial score (nSPS) is 11.6. The van der Waals surface area contributed by atoms with Crippen LogP contribution in [0.25, 0.3) is 0 Å². The molecule has 0 aliphatic rings. The Kier molecular flexibility index (Phi) is 19.7. The molecular formula is C48H59BrN6O8S2. The molecule has 0 spiro atoms. The standard InChI is InChI=1S/C24H30BrN3O4S.C24H29N3O4S/c1-31-22-10-6-20(7-11-22)18-28(19-21-8-12-23(32-2)13-9-21)33(29,30)24-14-17-27(26-24)16-5-3-4-15-25;1-4-5-6-16-26-17-15-24(25-26)32(28,29)27(18-20-7-11-22(30-2)12-8-20)19-21-9-13-23(31-3)14-10-21/h6-14,17H,3-5,15-16,18-19H2,1-2H3;4,7-15,17H,1,5-6,16,18-19H2,2-3H3. The van der Waals surface area contributed by atoms with Crippen LogP contribution >= 0.6 is 15.9 Å². The number of sulfonamides is 2. The fraction of sp³-hybridized carbons (Fsp3) is 0.333. The number of hydrogen-bond acceptors (Lipinski definition) is 10. The van der Waals surface area contributed by atoms with Crippen molar-refractivity contribution in [1.29, 1.82) is 0 Å². The molecule has 0 unspecified atom stereocenters. The number of aromatic nitrogens is 4. The Morgan fingerprint density at radius 1 is 0.508 bits per heavy atom. The number of halogens is 1. The number of ether oxygens (including phenoxy) is 4. The van der Waals surface area contributed by atoms with Crippen molar-refractivity contribution in [2.75, 3.05) is 33.8 Å². The van der Waals surface area contributed by atoms with Crippen molar-refractivity contribution in [3.05, 3.63) is 156 Å². The van der Waals surface area contributed by atoms with E-state index in [9.17, 15) is 16.8 Å². The Labute approximate surface area is 392 Å². The molecule has 0 bridgehead atoms. The van der Waals surface area contributed by atoms with E-state index >= 15 is 0 Å². The Morgan fingerprint density at radius 3 is 1.12 bits per heavy atom. The van der Waals surface area contributed by atoms with E-state index in [0.29, 0.717) is 13.1 Å². The summed E-state index contributed by atoms with van der Waals surface area (Å²) in [7, 11) is -1.23. The number of unbranched alkanes of at least 4 members (excludes halogenated alkanes) is 3. The van der Waals surface area contributed by atoms with Gasteiger partial charge in [-0.15, -0.1) is 6.58 Å². The quantitative estimate of drug-likeness (QED) is 0.0309. The van der Waals surface area contributed by atoms with Gasteiger partial charge in [0.05, 0.1) is 28.4 Å². The summed E-state index contributed by atoms with van der Waals surface area (Å²) in [4.78, 5) is 0. The highest BCUT2D eigenvalue weighted by Gasteiger charge is 2.29. The monoisotopic (exact) mass is 990 g/mol. The molecule has 2 heterocycles. The lowest BCUT2D eigenvalue weighted by molar-refractivity contribution is 0.394. The largest absolute Gasteiger partial charge is 0.497 e. The lowest BCUT2D eigenvalue weighted by Gasteiger charge is -2.21. The van der Waals surface area contributed by atoms with Crippen molar-refractivity contribution >= 4 is 36.0 Å². The average molecular weight is 992 g/mol. The molecule has 0 saturated heterocycles. The van der Waals surface area contributed by atoms with Gasteiger partial charge in [-0.3, -0.25) is 9.36 Å². The molecule has 348 valence electrons. The van der Waals surface area contributed by atoms with Crippen LogP contribution in [0.15, 0.2) is 144 Å². The van der Waals surface area contributed by atoms with E-state index in [-0.39, 0.29) is 36.2 Å². The second kappa shape index (κ2) is 25.3. The van der Waals surface area contributed by atoms with Gasteiger partial charge in [0.25, 0.3) is 20.0 Å². The fourth-order valence-corrected chi connectivity index (χ4v) is 9.69. The maximum Gasteiger partial charge on any atom is 0.262 e. The maximum absolute atomic E-state index is 13.6. The second-order valence-electron chi connectivity index (χ2n) is 15.0. The summed E-state index contributed by atoms with van der Waals surface area (Å²) in [6.07, 6.45) is 10.1. The smallest absolute Gasteiger partial charge is 0.262 e. The molecule has 65 heavy (non-hydrogen) atoms. The molecule has 0 N–H and O–H groups in total. The van der Waals surface area contributed by atoms with Crippen molar-refractivity contribution in [3.63, 3.8) is 0 Å². The van der Waals surface area contributed by atoms with Crippen LogP contribution in [0.5, 0.6) is 23.0 Å². The third kappa shape index (κ3) is 15.0. The predicted molar refractivity (Wildman–Crippen MR) is 256 cm³/mol. The lowest BCUT2D eigenvalue weighted by Crippen LogP contribution is -2.30. The van der Waals surface area contributed by atoms with Crippen LogP contribution in [-0.4, -0.2) is 78.8 Å². The molecule has 0 aliphatic carbocycles. The van der Waals surface area contributed by atoms with E-state index < -0.39 is 20.0 Å². The highest BCUT2D eigenvalue weighted by molar-refractivity contribution is 9.09. The molecule has 6 aromatic rings. The van der Waals surface area contributed by atoms with Gasteiger partial charge in [-0.25, -0.2) is 16.8 Å². The van der Waals surface area contributed by atoms with Gasteiger partial charge >= 0.3 is 0 Å². The van der Waals surface area contributed by atoms with Gasteiger partial charge in [0.15, 0.2) is 10.1 Å². The van der Waals surface area contributed by atoms with E-state index in [0.717, 1.165) is 82.7 Å². The Morgan fingerprint density at radius 2 is 0.831 bits per heavy atom. The van der Waals surface area contributed by atoms with Crippen LogP contribution in [0, 0.1) is 0 Å². The number of alkyl halides is 1. The van der Waals surface area contributed by atoms with Crippen LogP contribution in [0.2, 0.25) is 0 Å². The summed E-state index contributed by atoms with van der Waals surface area (Å²) >= 11 is 3.43. The van der Waals surface area contributed by atoms with Gasteiger partial charge in [0, 0.05) is 57.0 Å². The number of nitrogens with zero attached hydrogens (tertiary/aromatic N) is 6. The summed E-state index contributed by atoms with van der Waals surface area (Å²) in [5.41, 5.74) is 3.44. The Balaban J connectivity index is 0.000000244. The first-order chi connectivity index (χ1) is 31.4.